The van der Waals surface area contributed by atoms with Crippen LogP contribution in [0.5, 0.6) is 0 Å². The fourth-order valence-electron chi connectivity index (χ4n) is 2.15. The summed E-state index contributed by atoms with van der Waals surface area (Å²) in [5, 5.41) is 0. The number of nitrogens with two attached hydrogens (primary N) is 1. The lowest BCUT2D eigenvalue weighted by Crippen LogP contribution is -2.31. The summed E-state index contributed by atoms with van der Waals surface area (Å²) in [5.74, 6) is 5.69. The standard InChI is InChI=1S/C15H19N3/c1-2-13-9-6-10-17-15(13)14(18-16)11-12-7-4-3-5-8-12/h3-10,14,18H,2,11,16H2,1H3. The number of hydrazine groups is 1. The van der Waals surface area contributed by atoms with E-state index in [2.05, 4.69) is 35.5 Å². The SMILES string of the molecule is CCc1cccnc1C(Cc1ccccc1)NN. The molecule has 1 unspecified atom stereocenters. The van der Waals surface area contributed by atoms with Crippen molar-refractivity contribution in [1.82, 2.24) is 10.4 Å². The van der Waals surface area contributed by atoms with Crippen molar-refractivity contribution in [1.29, 1.82) is 0 Å². The molecule has 0 fully saturated rings. The Labute approximate surface area is 108 Å². The molecule has 1 atom stereocenters. The number of aryl methyl sites for hydroxylation is 1. The third-order valence-electron chi connectivity index (χ3n) is 3.12. The molecule has 3 nitrogen and oxygen atoms in total. The van der Waals surface area contributed by atoms with Gasteiger partial charge in [-0.1, -0.05) is 43.3 Å². The van der Waals surface area contributed by atoms with Gasteiger partial charge in [-0.15, -0.1) is 0 Å². The first-order valence-corrected chi connectivity index (χ1v) is 6.29. The lowest BCUT2D eigenvalue weighted by atomic mass is 9.99. The van der Waals surface area contributed by atoms with Gasteiger partial charge in [-0.2, -0.15) is 0 Å². The van der Waals surface area contributed by atoms with Gasteiger partial charge >= 0.3 is 0 Å². The summed E-state index contributed by atoms with van der Waals surface area (Å²) in [6.07, 6.45) is 3.64. The zero-order valence-electron chi connectivity index (χ0n) is 10.6. The van der Waals surface area contributed by atoms with Gasteiger partial charge in [0.2, 0.25) is 0 Å². The molecular weight excluding hydrogens is 222 g/mol. The van der Waals surface area contributed by atoms with Crippen LogP contribution < -0.4 is 11.3 Å². The lowest BCUT2D eigenvalue weighted by molar-refractivity contribution is 0.533. The van der Waals surface area contributed by atoms with E-state index < -0.39 is 0 Å². The highest BCUT2D eigenvalue weighted by Crippen LogP contribution is 2.19. The van der Waals surface area contributed by atoms with Crippen LogP contribution in [0.25, 0.3) is 0 Å². The number of hydrogen-bond acceptors (Lipinski definition) is 3. The molecular formula is C15H19N3. The van der Waals surface area contributed by atoms with E-state index >= 15 is 0 Å². The number of hydrogen-bond donors (Lipinski definition) is 2. The fourth-order valence-corrected chi connectivity index (χ4v) is 2.15. The van der Waals surface area contributed by atoms with E-state index in [1.165, 1.54) is 11.1 Å². The first kappa shape index (κ1) is 12.7. The average molecular weight is 241 g/mol. The Kier molecular flexibility index (Phi) is 4.45. The first-order valence-electron chi connectivity index (χ1n) is 6.29. The predicted octanol–water partition coefficient (Wildman–Crippen LogP) is 2.39. The maximum absolute atomic E-state index is 5.69. The topological polar surface area (TPSA) is 50.9 Å². The molecule has 0 aliphatic heterocycles. The predicted molar refractivity (Wildman–Crippen MR) is 73.8 cm³/mol. The van der Waals surface area contributed by atoms with Gasteiger partial charge in [-0.3, -0.25) is 16.3 Å². The van der Waals surface area contributed by atoms with Gasteiger partial charge in [-0.25, -0.2) is 0 Å². The number of benzene rings is 1. The Morgan fingerprint density at radius 2 is 1.94 bits per heavy atom. The Morgan fingerprint density at radius 3 is 2.61 bits per heavy atom. The van der Waals surface area contributed by atoms with Gasteiger partial charge < -0.3 is 0 Å². The minimum atomic E-state index is 0.0588. The van der Waals surface area contributed by atoms with Crippen LogP contribution in [-0.4, -0.2) is 4.98 Å². The monoisotopic (exact) mass is 241 g/mol. The zero-order valence-corrected chi connectivity index (χ0v) is 10.6. The van der Waals surface area contributed by atoms with Crippen LogP contribution in [0.3, 0.4) is 0 Å². The molecule has 0 radical (unpaired) electrons. The second-order valence-electron chi connectivity index (χ2n) is 4.31. The van der Waals surface area contributed by atoms with Gasteiger partial charge in [-0.05, 0) is 30.0 Å². The molecule has 0 saturated heterocycles. The molecule has 1 heterocycles. The van der Waals surface area contributed by atoms with Crippen molar-refractivity contribution >= 4 is 0 Å². The molecule has 18 heavy (non-hydrogen) atoms. The molecule has 0 aliphatic carbocycles. The molecule has 0 aliphatic rings. The number of rotatable bonds is 5. The highest BCUT2D eigenvalue weighted by Gasteiger charge is 2.14. The summed E-state index contributed by atoms with van der Waals surface area (Å²) >= 11 is 0. The second kappa shape index (κ2) is 6.28. The summed E-state index contributed by atoms with van der Waals surface area (Å²) in [7, 11) is 0. The molecule has 0 amide bonds. The van der Waals surface area contributed by atoms with Crippen molar-refractivity contribution in [3.8, 4) is 0 Å². The Hall–Kier alpha value is -1.71. The van der Waals surface area contributed by atoms with E-state index in [1.54, 1.807) is 0 Å². The first-order chi connectivity index (χ1) is 8.85. The molecule has 0 saturated carbocycles. The van der Waals surface area contributed by atoms with Gasteiger partial charge in [0.15, 0.2) is 0 Å². The Bertz CT molecular complexity index is 482. The van der Waals surface area contributed by atoms with E-state index in [-0.39, 0.29) is 6.04 Å². The van der Waals surface area contributed by atoms with Gasteiger partial charge in [0.1, 0.15) is 0 Å². The summed E-state index contributed by atoms with van der Waals surface area (Å²) in [5.41, 5.74) is 6.43. The number of nitrogens with zero attached hydrogens (tertiary/aromatic N) is 1. The van der Waals surface area contributed by atoms with Crippen LogP contribution in [0.1, 0.15) is 29.8 Å². The third kappa shape index (κ3) is 2.94. The van der Waals surface area contributed by atoms with Crippen molar-refractivity contribution in [2.24, 2.45) is 5.84 Å². The average Bonchev–Trinajstić information content (AvgIpc) is 2.46. The fraction of sp³-hybridized carbons (Fsp3) is 0.267. The van der Waals surface area contributed by atoms with E-state index in [4.69, 9.17) is 5.84 Å². The molecule has 94 valence electrons. The number of pyridine rings is 1. The molecule has 3 N–H and O–H groups in total. The molecule has 3 heteroatoms. The Balaban J connectivity index is 2.23. The molecule has 0 bridgehead atoms. The van der Waals surface area contributed by atoms with E-state index in [1.807, 2.05) is 30.5 Å². The van der Waals surface area contributed by atoms with Crippen LogP contribution >= 0.6 is 0 Å². The summed E-state index contributed by atoms with van der Waals surface area (Å²) < 4.78 is 0. The minimum Gasteiger partial charge on any atom is -0.271 e. The molecule has 0 spiro atoms. The quantitative estimate of drug-likeness (QED) is 0.624. The van der Waals surface area contributed by atoms with Crippen molar-refractivity contribution in [2.75, 3.05) is 0 Å². The van der Waals surface area contributed by atoms with Crippen molar-refractivity contribution < 1.29 is 0 Å². The summed E-state index contributed by atoms with van der Waals surface area (Å²) in [4.78, 5) is 4.47. The van der Waals surface area contributed by atoms with Crippen molar-refractivity contribution in [3.63, 3.8) is 0 Å². The van der Waals surface area contributed by atoms with Crippen molar-refractivity contribution in [2.45, 2.75) is 25.8 Å². The van der Waals surface area contributed by atoms with E-state index in [0.29, 0.717) is 0 Å². The third-order valence-corrected chi connectivity index (χ3v) is 3.12. The molecule has 2 aromatic rings. The van der Waals surface area contributed by atoms with Crippen LogP contribution in [-0.2, 0) is 12.8 Å². The highest BCUT2D eigenvalue weighted by atomic mass is 15.2. The maximum Gasteiger partial charge on any atom is 0.0675 e. The largest absolute Gasteiger partial charge is 0.271 e. The van der Waals surface area contributed by atoms with Crippen LogP contribution in [0.4, 0.5) is 0 Å². The highest BCUT2D eigenvalue weighted by molar-refractivity contribution is 5.25. The summed E-state index contributed by atoms with van der Waals surface area (Å²) in [6.45, 7) is 2.14. The Morgan fingerprint density at radius 1 is 1.17 bits per heavy atom. The minimum absolute atomic E-state index is 0.0588. The van der Waals surface area contributed by atoms with Crippen LogP contribution in [0.15, 0.2) is 48.7 Å². The van der Waals surface area contributed by atoms with Crippen LogP contribution in [0.2, 0.25) is 0 Å². The van der Waals surface area contributed by atoms with Crippen molar-refractivity contribution in [3.05, 3.63) is 65.5 Å². The number of aromatic nitrogens is 1. The molecule has 2 rings (SSSR count). The second-order valence-corrected chi connectivity index (χ2v) is 4.31. The normalized spacial score (nSPS) is 12.3. The van der Waals surface area contributed by atoms with E-state index in [0.717, 1.165) is 18.5 Å². The molecule has 1 aromatic carbocycles. The maximum atomic E-state index is 5.69. The zero-order chi connectivity index (χ0) is 12.8. The molecule has 1 aromatic heterocycles. The van der Waals surface area contributed by atoms with Gasteiger partial charge in [0.05, 0.1) is 11.7 Å². The lowest BCUT2D eigenvalue weighted by Gasteiger charge is -2.18. The number of nitrogens with one attached hydrogen (secondary N) is 1. The van der Waals surface area contributed by atoms with Gasteiger partial charge in [0.25, 0.3) is 0 Å². The van der Waals surface area contributed by atoms with Gasteiger partial charge in [0, 0.05) is 6.20 Å². The smallest absolute Gasteiger partial charge is 0.0675 e. The van der Waals surface area contributed by atoms with E-state index in [9.17, 15) is 0 Å². The van der Waals surface area contributed by atoms with Crippen LogP contribution in [0, 0.1) is 0 Å². The summed E-state index contributed by atoms with van der Waals surface area (Å²) in [6, 6.07) is 14.5.